The minimum absolute atomic E-state index is 0.324. The van der Waals surface area contributed by atoms with Crippen molar-refractivity contribution in [2.24, 2.45) is 5.41 Å². The van der Waals surface area contributed by atoms with Crippen molar-refractivity contribution >= 4 is 0 Å². The van der Waals surface area contributed by atoms with Gasteiger partial charge in [-0.3, -0.25) is 0 Å². The van der Waals surface area contributed by atoms with Gasteiger partial charge in [0.15, 0.2) is 0 Å². The van der Waals surface area contributed by atoms with E-state index in [-0.39, 0.29) is 0 Å². The fraction of sp³-hybridized carbons (Fsp3) is 0.833. The highest BCUT2D eigenvalue weighted by molar-refractivity contribution is 4.99. The first-order chi connectivity index (χ1) is 8.27. The quantitative estimate of drug-likeness (QED) is 0.838. The van der Waals surface area contributed by atoms with Crippen LogP contribution in [0, 0.1) is 5.41 Å². The topological polar surface area (TPSA) is 52.0 Å². The van der Waals surface area contributed by atoms with Crippen LogP contribution in [0.15, 0.2) is 0 Å². The summed E-state index contributed by atoms with van der Waals surface area (Å²) in [5.41, 5.74) is 0.324. The lowest BCUT2D eigenvalue weighted by molar-refractivity contribution is -0.0992. The van der Waals surface area contributed by atoms with E-state index in [1.54, 1.807) is 0 Å². The fourth-order valence-electron chi connectivity index (χ4n) is 2.53. The molecule has 94 valence electrons. The number of nitrogens with zero attached hydrogens (tertiary/aromatic N) is 3. The summed E-state index contributed by atoms with van der Waals surface area (Å²) in [6.45, 7) is 6.90. The summed E-state index contributed by atoms with van der Waals surface area (Å²) in [6, 6.07) is 0. The largest absolute Gasteiger partial charge is 0.380 e. The summed E-state index contributed by atoms with van der Waals surface area (Å²) in [7, 11) is 0. The zero-order valence-electron chi connectivity index (χ0n) is 10.4. The van der Waals surface area contributed by atoms with E-state index in [2.05, 4.69) is 27.0 Å². The molecule has 1 saturated heterocycles. The summed E-state index contributed by atoms with van der Waals surface area (Å²) in [5.74, 6) is 2.25. The van der Waals surface area contributed by atoms with Crippen LogP contribution in [0.25, 0.3) is 0 Å². The van der Waals surface area contributed by atoms with Gasteiger partial charge in [0.1, 0.15) is 11.6 Å². The van der Waals surface area contributed by atoms with Crippen LogP contribution in [0.3, 0.4) is 0 Å². The summed E-state index contributed by atoms with van der Waals surface area (Å²) in [4.78, 5) is 0. The van der Waals surface area contributed by atoms with Gasteiger partial charge >= 0.3 is 0 Å². The standard InChI is InChI=1S/C12H20N4O/c1-12(8-17-9-12)7-13-6-11-15-14-10-4-2-3-5-16(10)11/h13H,2-9H2,1H3. The fourth-order valence-corrected chi connectivity index (χ4v) is 2.53. The van der Waals surface area contributed by atoms with Gasteiger partial charge in [0.05, 0.1) is 19.8 Å². The van der Waals surface area contributed by atoms with E-state index in [4.69, 9.17) is 4.74 Å². The lowest BCUT2D eigenvalue weighted by Gasteiger charge is -2.38. The maximum atomic E-state index is 5.24. The second-order valence-corrected chi connectivity index (χ2v) is 5.55. The Morgan fingerprint density at radius 3 is 3.00 bits per heavy atom. The van der Waals surface area contributed by atoms with Gasteiger partial charge in [-0.15, -0.1) is 10.2 Å². The number of rotatable bonds is 4. The third-order valence-corrected chi connectivity index (χ3v) is 3.67. The Morgan fingerprint density at radius 1 is 1.35 bits per heavy atom. The van der Waals surface area contributed by atoms with Crippen LogP contribution in [0.1, 0.15) is 31.4 Å². The minimum Gasteiger partial charge on any atom is -0.380 e. The third-order valence-electron chi connectivity index (χ3n) is 3.67. The Bertz CT molecular complexity index is 397. The number of ether oxygens (including phenoxy) is 1. The van der Waals surface area contributed by atoms with Gasteiger partial charge in [0.2, 0.25) is 0 Å². The molecule has 2 aliphatic rings. The average Bonchev–Trinajstić information content (AvgIpc) is 2.71. The van der Waals surface area contributed by atoms with E-state index in [1.807, 2.05) is 0 Å². The molecule has 0 unspecified atom stereocenters. The molecule has 1 aromatic rings. The first-order valence-corrected chi connectivity index (χ1v) is 6.46. The zero-order chi connectivity index (χ0) is 11.7. The molecule has 17 heavy (non-hydrogen) atoms. The molecule has 3 rings (SSSR count). The number of aromatic nitrogens is 3. The van der Waals surface area contributed by atoms with Gasteiger partial charge in [0.25, 0.3) is 0 Å². The van der Waals surface area contributed by atoms with Crippen molar-refractivity contribution in [2.45, 2.75) is 39.3 Å². The molecule has 0 saturated carbocycles. The van der Waals surface area contributed by atoms with E-state index in [9.17, 15) is 0 Å². The molecule has 0 radical (unpaired) electrons. The number of fused-ring (bicyclic) bond motifs is 1. The molecule has 3 heterocycles. The highest BCUT2D eigenvalue weighted by Gasteiger charge is 2.32. The Kier molecular flexibility index (Phi) is 2.88. The normalized spacial score (nSPS) is 21.9. The SMILES string of the molecule is CC1(CNCc2nnc3n2CCCC3)COC1. The number of aryl methyl sites for hydroxylation is 1. The molecule has 0 spiro atoms. The van der Waals surface area contributed by atoms with Crippen molar-refractivity contribution in [1.29, 1.82) is 0 Å². The smallest absolute Gasteiger partial charge is 0.147 e. The maximum Gasteiger partial charge on any atom is 0.147 e. The summed E-state index contributed by atoms with van der Waals surface area (Å²) in [6.07, 6.45) is 3.59. The number of hydrogen-bond donors (Lipinski definition) is 1. The third kappa shape index (κ3) is 2.21. The molecule has 0 aliphatic carbocycles. The van der Waals surface area contributed by atoms with Gasteiger partial charge < -0.3 is 14.6 Å². The van der Waals surface area contributed by atoms with Gasteiger partial charge in [-0.25, -0.2) is 0 Å². The van der Waals surface area contributed by atoms with Gasteiger partial charge in [-0.1, -0.05) is 6.92 Å². The lowest BCUT2D eigenvalue weighted by atomic mass is 9.89. The highest BCUT2D eigenvalue weighted by Crippen LogP contribution is 2.25. The Labute approximate surface area is 102 Å². The molecule has 5 heteroatoms. The highest BCUT2D eigenvalue weighted by atomic mass is 16.5. The van der Waals surface area contributed by atoms with Crippen molar-refractivity contribution in [3.63, 3.8) is 0 Å². The summed E-state index contributed by atoms with van der Waals surface area (Å²) in [5, 5.41) is 12.0. The average molecular weight is 236 g/mol. The molecule has 5 nitrogen and oxygen atoms in total. The molecular weight excluding hydrogens is 216 g/mol. The van der Waals surface area contributed by atoms with Crippen LogP contribution >= 0.6 is 0 Å². The molecule has 0 aromatic carbocycles. The second-order valence-electron chi connectivity index (χ2n) is 5.55. The molecule has 0 amide bonds. The van der Waals surface area contributed by atoms with E-state index in [0.717, 1.165) is 50.9 Å². The van der Waals surface area contributed by atoms with Crippen LogP contribution in [-0.2, 0) is 24.2 Å². The summed E-state index contributed by atoms with van der Waals surface area (Å²) < 4.78 is 7.52. The van der Waals surface area contributed by atoms with Crippen molar-refractivity contribution in [3.05, 3.63) is 11.6 Å². The molecule has 1 N–H and O–H groups in total. The van der Waals surface area contributed by atoms with E-state index >= 15 is 0 Å². The molecule has 1 aromatic heterocycles. The molecule has 2 aliphatic heterocycles. The van der Waals surface area contributed by atoms with Crippen molar-refractivity contribution < 1.29 is 4.74 Å². The van der Waals surface area contributed by atoms with Crippen molar-refractivity contribution in [3.8, 4) is 0 Å². The Hall–Kier alpha value is -0.940. The first kappa shape index (κ1) is 11.2. The monoisotopic (exact) mass is 236 g/mol. The maximum absolute atomic E-state index is 5.24. The van der Waals surface area contributed by atoms with E-state index in [0.29, 0.717) is 5.41 Å². The Balaban J connectivity index is 1.56. The van der Waals surface area contributed by atoms with Gasteiger partial charge in [-0.2, -0.15) is 0 Å². The van der Waals surface area contributed by atoms with Gasteiger partial charge in [0, 0.05) is 24.9 Å². The van der Waals surface area contributed by atoms with Crippen LogP contribution in [-0.4, -0.2) is 34.5 Å². The van der Waals surface area contributed by atoms with Crippen LogP contribution in [0.2, 0.25) is 0 Å². The zero-order valence-corrected chi connectivity index (χ0v) is 10.4. The van der Waals surface area contributed by atoms with Crippen LogP contribution < -0.4 is 5.32 Å². The van der Waals surface area contributed by atoms with Crippen LogP contribution in [0.4, 0.5) is 0 Å². The predicted molar refractivity (Wildman–Crippen MR) is 63.6 cm³/mol. The molecular formula is C12H20N4O. The second kappa shape index (κ2) is 4.38. The van der Waals surface area contributed by atoms with Crippen LogP contribution in [0.5, 0.6) is 0 Å². The minimum atomic E-state index is 0.324. The Morgan fingerprint density at radius 2 is 2.24 bits per heavy atom. The van der Waals surface area contributed by atoms with E-state index in [1.165, 1.54) is 12.8 Å². The van der Waals surface area contributed by atoms with Crippen molar-refractivity contribution in [2.75, 3.05) is 19.8 Å². The molecule has 0 bridgehead atoms. The van der Waals surface area contributed by atoms with Crippen molar-refractivity contribution in [1.82, 2.24) is 20.1 Å². The van der Waals surface area contributed by atoms with Gasteiger partial charge in [-0.05, 0) is 12.8 Å². The molecule has 0 atom stereocenters. The number of nitrogens with one attached hydrogen (secondary N) is 1. The first-order valence-electron chi connectivity index (χ1n) is 6.46. The lowest BCUT2D eigenvalue weighted by Crippen LogP contribution is -2.47. The predicted octanol–water partition coefficient (Wildman–Crippen LogP) is 0.740. The summed E-state index contributed by atoms with van der Waals surface area (Å²) >= 11 is 0. The molecule has 1 fully saturated rings. The van der Waals surface area contributed by atoms with E-state index < -0.39 is 0 Å². The number of hydrogen-bond acceptors (Lipinski definition) is 4.